The van der Waals surface area contributed by atoms with E-state index in [0.29, 0.717) is 0 Å². The minimum absolute atomic E-state index is 0.184. The summed E-state index contributed by atoms with van der Waals surface area (Å²) in [6.07, 6.45) is 1.42. The van der Waals surface area contributed by atoms with Crippen molar-refractivity contribution < 1.29 is 9.53 Å². The molecule has 0 bridgehead atoms. The average Bonchev–Trinajstić information content (AvgIpc) is 1.90. The molecule has 1 rings (SSSR count). The van der Waals surface area contributed by atoms with Crippen molar-refractivity contribution in [2.75, 3.05) is 0 Å². The van der Waals surface area contributed by atoms with E-state index in [1.807, 2.05) is 0 Å². The molecule has 0 aromatic carbocycles. The molecule has 0 saturated heterocycles. The summed E-state index contributed by atoms with van der Waals surface area (Å²) in [7, 11) is 0. The van der Waals surface area contributed by atoms with Crippen molar-refractivity contribution in [3.05, 3.63) is 22.8 Å². The number of rotatable bonds is 1. The first-order valence-electron chi connectivity index (χ1n) is 2.18. The minimum Gasteiger partial charge on any atom is -0.459 e. The predicted octanol–water partition coefficient (Wildman–Crippen LogP) is 1.83. The van der Waals surface area contributed by atoms with Crippen LogP contribution in [0.15, 0.2) is 22.8 Å². The van der Waals surface area contributed by atoms with Crippen LogP contribution in [0.4, 0.5) is 0 Å². The van der Waals surface area contributed by atoms with Gasteiger partial charge in [-0.05, 0) is 11.6 Å². The molecule has 1 aliphatic heterocycles. The van der Waals surface area contributed by atoms with Crippen LogP contribution in [-0.4, -0.2) is 5.24 Å². The molecule has 0 atom stereocenters. The average molecular weight is 163 g/mol. The third-order valence-electron chi connectivity index (χ3n) is 0.698. The summed E-state index contributed by atoms with van der Waals surface area (Å²) in [5, 5.41) is 2.70. The molecule has 9 heavy (non-hydrogen) atoms. The smallest absolute Gasteiger partial charge is 0.288 e. The van der Waals surface area contributed by atoms with Crippen molar-refractivity contribution in [1.29, 1.82) is 0 Å². The molecule has 0 amide bonds. The lowest BCUT2D eigenvalue weighted by Crippen LogP contribution is -1.95. The zero-order valence-electron chi connectivity index (χ0n) is 4.33. The van der Waals surface area contributed by atoms with E-state index in [9.17, 15) is 4.79 Å². The normalized spacial score (nSPS) is 16.3. The van der Waals surface area contributed by atoms with E-state index in [1.54, 1.807) is 10.8 Å². The van der Waals surface area contributed by atoms with Crippen LogP contribution >= 0.6 is 23.4 Å². The van der Waals surface area contributed by atoms with E-state index < -0.39 is 5.24 Å². The molecule has 0 aromatic heterocycles. The number of allylic oxidation sites excluding steroid dienone is 1. The summed E-state index contributed by atoms with van der Waals surface area (Å²) in [6, 6.07) is 0. The highest BCUT2D eigenvalue weighted by Crippen LogP contribution is 2.17. The molecule has 0 spiro atoms. The topological polar surface area (TPSA) is 26.3 Å². The molecular formula is C5H3ClO2S. The molecule has 0 saturated carbocycles. The van der Waals surface area contributed by atoms with E-state index in [1.165, 1.54) is 18.0 Å². The van der Waals surface area contributed by atoms with Crippen molar-refractivity contribution in [1.82, 2.24) is 0 Å². The van der Waals surface area contributed by atoms with Crippen molar-refractivity contribution in [2.24, 2.45) is 0 Å². The molecule has 1 heterocycles. The first-order chi connectivity index (χ1) is 4.30. The Morgan fingerprint density at radius 2 is 2.56 bits per heavy atom. The molecule has 0 aliphatic carbocycles. The largest absolute Gasteiger partial charge is 0.459 e. The van der Waals surface area contributed by atoms with Gasteiger partial charge in [-0.2, -0.15) is 0 Å². The molecule has 2 nitrogen and oxygen atoms in total. The molecule has 1 aliphatic rings. The number of hydrogen-bond donors (Lipinski definition) is 0. The van der Waals surface area contributed by atoms with Crippen LogP contribution in [0.5, 0.6) is 0 Å². The maximum atomic E-state index is 10.3. The van der Waals surface area contributed by atoms with Crippen molar-refractivity contribution >= 4 is 28.6 Å². The van der Waals surface area contributed by atoms with Gasteiger partial charge in [0.2, 0.25) is 0 Å². The lowest BCUT2D eigenvalue weighted by Gasteiger charge is -2.02. The van der Waals surface area contributed by atoms with E-state index in [4.69, 9.17) is 16.3 Å². The zero-order valence-corrected chi connectivity index (χ0v) is 5.91. The summed E-state index contributed by atoms with van der Waals surface area (Å²) >= 11 is 6.44. The van der Waals surface area contributed by atoms with Crippen LogP contribution in [0, 0.1) is 0 Å². The minimum atomic E-state index is -0.563. The highest BCUT2D eigenvalue weighted by Gasteiger charge is 2.07. The van der Waals surface area contributed by atoms with Crippen LogP contribution in [-0.2, 0) is 9.53 Å². The Hall–Kier alpha value is -0.410. The Bertz CT molecular complexity index is 185. The second kappa shape index (κ2) is 2.94. The number of halogens is 1. The Kier molecular flexibility index (Phi) is 2.19. The summed E-state index contributed by atoms with van der Waals surface area (Å²) in [5.74, 6) is 0.184. The molecule has 0 aromatic rings. The monoisotopic (exact) mass is 162 g/mol. The Balaban J connectivity index is 2.61. The molecule has 48 valence electrons. The van der Waals surface area contributed by atoms with E-state index >= 15 is 0 Å². The predicted molar refractivity (Wildman–Crippen MR) is 36.8 cm³/mol. The quantitative estimate of drug-likeness (QED) is 0.551. The van der Waals surface area contributed by atoms with E-state index in [-0.39, 0.29) is 5.76 Å². The third kappa shape index (κ3) is 1.77. The van der Waals surface area contributed by atoms with Gasteiger partial charge in [-0.1, -0.05) is 11.8 Å². The van der Waals surface area contributed by atoms with Crippen LogP contribution < -0.4 is 0 Å². The van der Waals surface area contributed by atoms with Gasteiger partial charge in [0.05, 0.1) is 6.26 Å². The summed E-state index contributed by atoms with van der Waals surface area (Å²) in [4.78, 5) is 10.3. The Morgan fingerprint density at radius 3 is 2.89 bits per heavy atom. The lowest BCUT2D eigenvalue weighted by atomic mass is 10.6. The fourth-order valence-corrected chi connectivity index (χ4v) is 1.00. The van der Waals surface area contributed by atoms with E-state index in [2.05, 4.69) is 0 Å². The highest BCUT2D eigenvalue weighted by atomic mass is 35.5. The zero-order chi connectivity index (χ0) is 6.69. The van der Waals surface area contributed by atoms with Gasteiger partial charge in [0.1, 0.15) is 0 Å². The van der Waals surface area contributed by atoms with Crippen LogP contribution in [0.3, 0.4) is 0 Å². The van der Waals surface area contributed by atoms with Gasteiger partial charge in [0.15, 0.2) is 5.76 Å². The second-order valence-electron chi connectivity index (χ2n) is 1.28. The number of carbonyl (C=O) groups is 1. The maximum absolute atomic E-state index is 10.3. The summed E-state index contributed by atoms with van der Waals surface area (Å²) < 4.78 is 4.72. The Morgan fingerprint density at radius 1 is 1.78 bits per heavy atom. The molecule has 0 unspecified atom stereocenters. The van der Waals surface area contributed by atoms with Gasteiger partial charge < -0.3 is 4.74 Å². The van der Waals surface area contributed by atoms with Crippen molar-refractivity contribution in [3.8, 4) is 0 Å². The molecule has 0 radical (unpaired) electrons. The highest BCUT2D eigenvalue weighted by molar-refractivity contribution is 8.05. The fourth-order valence-electron chi connectivity index (χ4n) is 0.355. The first-order valence-corrected chi connectivity index (χ1v) is 3.50. The summed E-state index contributed by atoms with van der Waals surface area (Å²) in [5.41, 5.74) is 0. The van der Waals surface area contributed by atoms with Gasteiger partial charge in [-0.15, -0.1) is 0 Å². The lowest BCUT2D eigenvalue weighted by molar-refractivity contribution is -0.110. The number of carbonyl (C=O) groups excluding carboxylic acids is 1. The Labute approximate surface area is 61.5 Å². The SMILES string of the molecule is O=C(Cl)C1=CSC=CO1. The van der Waals surface area contributed by atoms with Gasteiger partial charge in [-0.3, -0.25) is 4.79 Å². The van der Waals surface area contributed by atoms with Crippen LogP contribution in [0.2, 0.25) is 0 Å². The maximum Gasteiger partial charge on any atom is 0.288 e. The number of ether oxygens (including phenoxy) is 1. The van der Waals surface area contributed by atoms with Crippen LogP contribution in [0.25, 0.3) is 0 Å². The summed E-state index contributed by atoms with van der Waals surface area (Å²) in [6.45, 7) is 0. The molecular weight excluding hydrogens is 160 g/mol. The molecule has 0 fully saturated rings. The number of thioether (sulfide) groups is 1. The first kappa shape index (κ1) is 6.71. The molecule has 0 N–H and O–H groups in total. The fraction of sp³-hybridized carbons (Fsp3) is 0. The van der Waals surface area contributed by atoms with Gasteiger partial charge in [0, 0.05) is 10.8 Å². The molecule has 4 heteroatoms. The van der Waals surface area contributed by atoms with Gasteiger partial charge >= 0.3 is 0 Å². The van der Waals surface area contributed by atoms with Gasteiger partial charge in [0.25, 0.3) is 5.24 Å². The van der Waals surface area contributed by atoms with Gasteiger partial charge in [-0.25, -0.2) is 0 Å². The van der Waals surface area contributed by atoms with Crippen LogP contribution in [0.1, 0.15) is 0 Å². The van der Waals surface area contributed by atoms with Crippen molar-refractivity contribution in [2.45, 2.75) is 0 Å². The van der Waals surface area contributed by atoms with E-state index in [0.717, 1.165) is 0 Å². The standard InChI is InChI=1S/C5H3ClO2S/c6-5(7)4-3-9-2-1-8-4/h1-3H. The second-order valence-corrected chi connectivity index (χ2v) is 2.41. The number of hydrogen-bond acceptors (Lipinski definition) is 3. The van der Waals surface area contributed by atoms with Crippen molar-refractivity contribution in [3.63, 3.8) is 0 Å². The third-order valence-corrected chi connectivity index (χ3v) is 1.50.